The summed E-state index contributed by atoms with van der Waals surface area (Å²) in [7, 11) is 0. The third-order valence-electron chi connectivity index (χ3n) is 3.02. The van der Waals surface area contributed by atoms with Crippen LogP contribution in [0, 0.1) is 0 Å². The van der Waals surface area contributed by atoms with Gasteiger partial charge in [0.05, 0.1) is 18.4 Å². The minimum atomic E-state index is -0.113. The maximum atomic E-state index is 12.0. The van der Waals surface area contributed by atoms with Gasteiger partial charge in [-0.05, 0) is 17.7 Å². The third kappa shape index (κ3) is 2.46. The molecule has 1 amide bonds. The van der Waals surface area contributed by atoms with Gasteiger partial charge >= 0.3 is 0 Å². The van der Waals surface area contributed by atoms with Crippen molar-refractivity contribution in [3.8, 4) is 5.75 Å². The first-order valence-electron chi connectivity index (χ1n) is 6.06. The molecule has 5 nitrogen and oxygen atoms in total. The van der Waals surface area contributed by atoms with Gasteiger partial charge in [-0.2, -0.15) is 0 Å². The van der Waals surface area contributed by atoms with E-state index in [1.165, 1.54) is 6.20 Å². The number of nitrogen functional groups attached to an aromatic ring is 1. The average molecular weight is 334 g/mol. The first kappa shape index (κ1) is 12.9. The van der Waals surface area contributed by atoms with Crippen molar-refractivity contribution in [2.75, 3.05) is 17.2 Å². The number of anilines is 2. The third-order valence-corrected chi connectivity index (χ3v) is 3.54. The van der Waals surface area contributed by atoms with E-state index in [0.29, 0.717) is 23.8 Å². The average Bonchev–Trinajstić information content (AvgIpc) is 2.44. The van der Waals surface area contributed by atoms with Crippen molar-refractivity contribution in [2.24, 2.45) is 0 Å². The zero-order valence-electron chi connectivity index (χ0n) is 10.5. The first-order valence-corrected chi connectivity index (χ1v) is 6.86. The lowest BCUT2D eigenvalue weighted by Crippen LogP contribution is -2.38. The Morgan fingerprint density at radius 3 is 2.85 bits per heavy atom. The number of carbonyl (C=O) groups excluding carboxylic acids is 1. The Morgan fingerprint density at radius 2 is 2.10 bits per heavy atom. The fourth-order valence-electron chi connectivity index (χ4n) is 2.03. The zero-order chi connectivity index (χ0) is 14.1. The number of hydrogen-bond donors (Lipinski definition) is 1. The van der Waals surface area contributed by atoms with Gasteiger partial charge in [0.15, 0.2) is 18.2 Å². The highest BCUT2D eigenvalue weighted by atomic mass is 79.9. The van der Waals surface area contributed by atoms with Gasteiger partial charge in [-0.1, -0.05) is 28.1 Å². The van der Waals surface area contributed by atoms with Crippen LogP contribution in [0.4, 0.5) is 11.5 Å². The first-order chi connectivity index (χ1) is 9.63. The normalized spacial score (nSPS) is 13.8. The lowest BCUT2D eigenvalue weighted by atomic mass is 10.2. The topological polar surface area (TPSA) is 68.5 Å². The molecular formula is C14H12BrN3O2. The van der Waals surface area contributed by atoms with E-state index in [2.05, 4.69) is 20.9 Å². The van der Waals surface area contributed by atoms with Crippen LogP contribution in [0.2, 0.25) is 0 Å². The minimum absolute atomic E-state index is 0.00859. The number of nitrogens with two attached hydrogens (primary N) is 1. The number of nitrogens with zero attached hydrogens (tertiary/aromatic N) is 2. The summed E-state index contributed by atoms with van der Waals surface area (Å²) in [6.45, 7) is 0.466. The molecule has 20 heavy (non-hydrogen) atoms. The van der Waals surface area contributed by atoms with E-state index in [0.717, 1.165) is 10.0 Å². The molecule has 6 heteroatoms. The number of carbonyl (C=O) groups is 1. The summed E-state index contributed by atoms with van der Waals surface area (Å²) in [5.41, 5.74) is 7.22. The van der Waals surface area contributed by atoms with E-state index in [1.807, 2.05) is 24.3 Å². The molecule has 1 aliphatic rings. The molecule has 2 N–H and O–H groups in total. The van der Waals surface area contributed by atoms with Crippen LogP contribution >= 0.6 is 15.9 Å². The fourth-order valence-corrected chi connectivity index (χ4v) is 2.30. The van der Waals surface area contributed by atoms with Crippen molar-refractivity contribution in [1.29, 1.82) is 0 Å². The van der Waals surface area contributed by atoms with Crippen molar-refractivity contribution >= 4 is 33.3 Å². The summed E-state index contributed by atoms with van der Waals surface area (Å²) in [5.74, 6) is 0.942. The van der Waals surface area contributed by atoms with Gasteiger partial charge < -0.3 is 10.5 Å². The van der Waals surface area contributed by atoms with Crippen LogP contribution in [0.1, 0.15) is 5.56 Å². The molecule has 102 valence electrons. The van der Waals surface area contributed by atoms with Gasteiger partial charge in [-0.25, -0.2) is 4.98 Å². The number of fused-ring (bicyclic) bond motifs is 1. The predicted octanol–water partition coefficient (Wildman–Crippen LogP) is 2.35. The number of pyridine rings is 1. The van der Waals surface area contributed by atoms with Crippen LogP contribution in [-0.4, -0.2) is 17.5 Å². The van der Waals surface area contributed by atoms with Crippen LogP contribution in [-0.2, 0) is 11.3 Å². The highest BCUT2D eigenvalue weighted by molar-refractivity contribution is 9.10. The summed E-state index contributed by atoms with van der Waals surface area (Å²) in [4.78, 5) is 17.9. The van der Waals surface area contributed by atoms with Crippen molar-refractivity contribution in [3.63, 3.8) is 0 Å². The highest BCUT2D eigenvalue weighted by Gasteiger charge is 2.27. The molecule has 0 fully saturated rings. The van der Waals surface area contributed by atoms with Gasteiger partial charge in [-0.3, -0.25) is 9.69 Å². The quantitative estimate of drug-likeness (QED) is 0.915. The Hall–Kier alpha value is -2.08. The van der Waals surface area contributed by atoms with E-state index in [4.69, 9.17) is 10.5 Å². The Kier molecular flexibility index (Phi) is 3.31. The molecule has 1 aliphatic heterocycles. The van der Waals surface area contributed by atoms with Gasteiger partial charge in [-0.15, -0.1) is 0 Å². The molecule has 0 bridgehead atoms. The van der Waals surface area contributed by atoms with Crippen LogP contribution in [0.15, 0.2) is 41.0 Å². The summed E-state index contributed by atoms with van der Waals surface area (Å²) in [6.07, 6.45) is 1.52. The molecule has 2 aromatic rings. The molecule has 3 rings (SSSR count). The van der Waals surface area contributed by atoms with Gasteiger partial charge in [0.2, 0.25) is 0 Å². The molecule has 0 saturated carbocycles. The summed E-state index contributed by atoms with van der Waals surface area (Å²) in [5, 5.41) is 0. The Labute approximate surface area is 124 Å². The zero-order valence-corrected chi connectivity index (χ0v) is 12.1. The minimum Gasteiger partial charge on any atom is -0.480 e. The molecular weight excluding hydrogens is 322 g/mol. The monoisotopic (exact) mass is 333 g/mol. The molecule has 0 aliphatic carbocycles. The second kappa shape index (κ2) is 5.13. The van der Waals surface area contributed by atoms with Gasteiger partial charge in [0.25, 0.3) is 5.91 Å². The molecule has 0 saturated heterocycles. The molecule has 0 radical (unpaired) electrons. The lowest BCUT2D eigenvalue weighted by Gasteiger charge is -2.28. The molecule has 1 aromatic heterocycles. The Bertz CT molecular complexity index is 658. The molecule has 0 atom stereocenters. The highest BCUT2D eigenvalue weighted by Crippen LogP contribution is 2.32. The van der Waals surface area contributed by atoms with Crippen molar-refractivity contribution in [1.82, 2.24) is 4.98 Å². The predicted molar refractivity (Wildman–Crippen MR) is 79.5 cm³/mol. The number of amides is 1. The van der Waals surface area contributed by atoms with Crippen LogP contribution in [0.25, 0.3) is 0 Å². The van der Waals surface area contributed by atoms with E-state index in [1.54, 1.807) is 11.0 Å². The second-order valence-corrected chi connectivity index (χ2v) is 5.40. The summed E-state index contributed by atoms with van der Waals surface area (Å²) < 4.78 is 6.36. The molecule has 1 aromatic carbocycles. The summed E-state index contributed by atoms with van der Waals surface area (Å²) >= 11 is 3.39. The van der Waals surface area contributed by atoms with Crippen molar-refractivity contribution in [2.45, 2.75) is 6.54 Å². The van der Waals surface area contributed by atoms with Crippen LogP contribution in [0.5, 0.6) is 5.75 Å². The largest absolute Gasteiger partial charge is 0.480 e. The fraction of sp³-hybridized carbons (Fsp3) is 0.143. The van der Waals surface area contributed by atoms with E-state index >= 15 is 0 Å². The van der Waals surface area contributed by atoms with E-state index < -0.39 is 0 Å². The van der Waals surface area contributed by atoms with Crippen molar-refractivity contribution in [3.05, 3.63) is 46.6 Å². The van der Waals surface area contributed by atoms with Crippen molar-refractivity contribution < 1.29 is 9.53 Å². The molecule has 0 spiro atoms. The number of hydrogen-bond acceptors (Lipinski definition) is 4. The van der Waals surface area contributed by atoms with Crippen LogP contribution in [0.3, 0.4) is 0 Å². The van der Waals surface area contributed by atoms with E-state index in [-0.39, 0.29) is 12.5 Å². The Balaban J connectivity index is 1.93. The lowest BCUT2D eigenvalue weighted by molar-refractivity contribution is -0.121. The smallest absolute Gasteiger partial charge is 0.266 e. The Morgan fingerprint density at radius 1 is 1.35 bits per heavy atom. The standard InChI is InChI=1S/C14H12BrN3O2/c15-10-3-1-9(2-4-10)7-18-13(19)8-20-12-5-11(16)6-17-14(12)18/h1-6H,7-8,16H2. The summed E-state index contributed by atoms with van der Waals surface area (Å²) in [6, 6.07) is 9.49. The molecule has 0 unspecified atom stereocenters. The van der Waals surface area contributed by atoms with Gasteiger partial charge in [0, 0.05) is 10.5 Å². The number of benzene rings is 1. The molecule has 2 heterocycles. The number of halogens is 1. The maximum absolute atomic E-state index is 12.0. The van der Waals surface area contributed by atoms with Crippen LogP contribution < -0.4 is 15.4 Å². The maximum Gasteiger partial charge on any atom is 0.266 e. The van der Waals surface area contributed by atoms with E-state index in [9.17, 15) is 4.79 Å². The number of ether oxygens (including phenoxy) is 1. The SMILES string of the molecule is Nc1cnc2c(c1)OCC(=O)N2Cc1ccc(Br)cc1. The van der Waals surface area contributed by atoms with Gasteiger partial charge in [0.1, 0.15) is 0 Å². The number of rotatable bonds is 2. The number of aromatic nitrogens is 1. The second-order valence-electron chi connectivity index (χ2n) is 4.49.